The Kier molecular flexibility index (Phi) is 6.56. The molecule has 0 amide bonds. The lowest BCUT2D eigenvalue weighted by atomic mass is 10.1. The van der Waals surface area contributed by atoms with Gasteiger partial charge in [0.1, 0.15) is 5.75 Å². The van der Waals surface area contributed by atoms with Gasteiger partial charge in [-0.25, -0.2) is 4.98 Å². The number of ether oxygens (including phenoxy) is 1. The molecular weight excluding hydrogens is 390 g/mol. The summed E-state index contributed by atoms with van der Waals surface area (Å²) < 4.78 is 5.83. The van der Waals surface area contributed by atoms with E-state index < -0.39 is 4.92 Å². The Bertz CT molecular complexity index is 1040. The highest BCUT2D eigenvalue weighted by Gasteiger charge is 2.10. The first-order chi connectivity index (χ1) is 13.9. The zero-order chi connectivity index (χ0) is 20.8. The monoisotopic (exact) mass is 409 g/mol. The van der Waals surface area contributed by atoms with Crippen molar-refractivity contribution >= 4 is 23.2 Å². The highest BCUT2D eigenvalue weighted by atomic mass is 32.2. The molecule has 8 heteroatoms. The fourth-order valence-corrected chi connectivity index (χ4v) is 3.34. The van der Waals surface area contributed by atoms with Crippen molar-refractivity contribution in [1.29, 1.82) is 0 Å². The Hall–Kier alpha value is -3.26. The minimum absolute atomic E-state index is 0.00769. The molecule has 0 fully saturated rings. The van der Waals surface area contributed by atoms with Crippen LogP contribution in [0.25, 0.3) is 0 Å². The number of hydrogen-bond acceptors (Lipinski definition) is 7. The minimum atomic E-state index is -0.411. The molecule has 0 radical (unpaired) electrons. The van der Waals surface area contributed by atoms with Crippen molar-refractivity contribution in [3.8, 4) is 11.6 Å². The number of aromatic nitrogens is 2. The quantitative estimate of drug-likeness (QED) is 0.165. The van der Waals surface area contributed by atoms with Gasteiger partial charge in [-0.3, -0.25) is 14.9 Å². The van der Waals surface area contributed by atoms with Gasteiger partial charge in [0.15, 0.2) is 10.9 Å². The molecule has 0 saturated carbocycles. The Morgan fingerprint density at radius 1 is 1.14 bits per heavy atom. The molecule has 2 aromatic carbocycles. The second kappa shape index (κ2) is 9.29. The van der Waals surface area contributed by atoms with Gasteiger partial charge in [0.05, 0.1) is 4.92 Å². The van der Waals surface area contributed by atoms with Gasteiger partial charge < -0.3 is 4.74 Å². The molecule has 0 aliphatic carbocycles. The van der Waals surface area contributed by atoms with Crippen molar-refractivity contribution in [3.05, 3.63) is 81.5 Å². The normalized spacial score (nSPS) is 10.6. The number of aryl methyl sites for hydroxylation is 1. The second-order valence-electron chi connectivity index (χ2n) is 6.23. The fraction of sp³-hybridized carbons (Fsp3) is 0.190. The van der Waals surface area contributed by atoms with E-state index in [1.54, 1.807) is 42.5 Å². The number of hydrogen-bond donors (Lipinski definition) is 0. The lowest BCUT2D eigenvalue weighted by Crippen LogP contribution is -1.98. The SMILES string of the molecule is CCc1cc(Oc2ccc(C(C)=O)cc2)nc(SCc2cccc([N+](=O)[O-])c2)n1. The van der Waals surface area contributed by atoms with Crippen LogP contribution in [0.3, 0.4) is 0 Å². The van der Waals surface area contributed by atoms with Crippen molar-refractivity contribution < 1.29 is 14.5 Å². The van der Waals surface area contributed by atoms with Gasteiger partial charge in [-0.2, -0.15) is 4.98 Å². The summed E-state index contributed by atoms with van der Waals surface area (Å²) in [4.78, 5) is 30.8. The van der Waals surface area contributed by atoms with Gasteiger partial charge in [-0.05, 0) is 43.2 Å². The molecule has 7 nitrogen and oxygen atoms in total. The average Bonchev–Trinajstić information content (AvgIpc) is 2.72. The largest absolute Gasteiger partial charge is 0.439 e. The van der Waals surface area contributed by atoms with Crippen LogP contribution in [0, 0.1) is 10.1 Å². The molecule has 1 heterocycles. The highest BCUT2D eigenvalue weighted by molar-refractivity contribution is 7.98. The summed E-state index contributed by atoms with van der Waals surface area (Å²) in [5.74, 6) is 1.48. The molecule has 0 aliphatic heterocycles. The van der Waals surface area contributed by atoms with Gasteiger partial charge in [0.2, 0.25) is 5.88 Å². The van der Waals surface area contributed by atoms with Crippen molar-refractivity contribution in [3.63, 3.8) is 0 Å². The van der Waals surface area contributed by atoms with Crippen LogP contribution in [-0.2, 0) is 12.2 Å². The lowest BCUT2D eigenvalue weighted by Gasteiger charge is -2.09. The zero-order valence-electron chi connectivity index (χ0n) is 16.0. The van der Waals surface area contributed by atoms with Crippen LogP contribution < -0.4 is 4.74 Å². The average molecular weight is 409 g/mol. The van der Waals surface area contributed by atoms with Crippen LogP contribution in [-0.4, -0.2) is 20.7 Å². The van der Waals surface area contributed by atoms with Gasteiger partial charge in [-0.15, -0.1) is 0 Å². The number of ketones is 1. The summed E-state index contributed by atoms with van der Waals surface area (Å²) in [6, 6.07) is 15.1. The Labute approximate surface area is 172 Å². The van der Waals surface area contributed by atoms with Gasteiger partial charge in [0, 0.05) is 35.2 Å². The number of rotatable bonds is 8. The van der Waals surface area contributed by atoms with E-state index in [1.165, 1.54) is 24.8 Å². The van der Waals surface area contributed by atoms with Crippen molar-refractivity contribution in [2.75, 3.05) is 0 Å². The number of nitrogens with zero attached hydrogens (tertiary/aromatic N) is 3. The molecule has 0 atom stereocenters. The Morgan fingerprint density at radius 3 is 2.55 bits per heavy atom. The molecule has 29 heavy (non-hydrogen) atoms. The van der Waals surface area contributed by atoms with Gasteiger partial charge in [-0.1, -0.05) is 30.8 Å². The van der Waals surface area contributed by atoms with Gasteiger partial charge >= 0.3 is 0 Å². The maximum absolute atomic E-state index is 11.4. The number of nitro benzene ring substituents is 1. The van der Waals surface area contributed by atoms with Crippen LogP contribution >= 0.6 is 11.8 Å². The molecule has 3 rings (SSSR count). The number of nitro groups is 1. The predicted molar refractivity (Wildman–Crippen MR) is 111 cm³/mol. The molecule has 0 bridgehead atoms. The Balaban J connectivity index is 1.75. The first-order valence-electron chi connectivity index (χ1n) is 8.97. The first-order valence-corrected chi connectivity index (χ1v) is 9.96. The van der Waals surface area contributed by atoms with Crippen molar-refractivity contribution in [2.24, 2.45) is 0 Å². The topological polar surface area (TPSA) is 95.2 Å². The third kappa shape index (κ3) is 5.61. The van der Waals surface area contributed by atoms with E-state index in [0.29, 0.717) is 34.5 Å². The van der Waals surface area contributed by atoms with E-state index in [9.17, 15) is 14.9 Å². The van der Waals surface area contributed by atoms with Crippen LogP contribution in [0.15, 0.2) is 59.8 Å². The van der Waals surface area contributed by atoms with E-state index in [2.05, 4.69) is 9.97 Å². The van der Waals surface area contributed by atoms with E-state index in [1.807, 2.05) is 13.0 Å². The molecular formula is C21H19N3O4S. The predicted octanol–water partition coefficient (Wildman–Crippen LogP) is 5.23. The third-order valence-corrected chi connectivity index (χ3v) is 4.99. The summed E-state index contributed by atoms with van der Waals surface area (Å²) in [6.07, 6.45) is 0.715. The molecule has 3 aromatic rings. The standard InChI is InChI=1S/C21H19N3O4S/c1-3-17-12-20(28-19-9-7-16(8-10-19)14(2)25)23-21(22-17)29-13-15-5-4-6-18(11-15)24(26)27/h4-12H,3,13H2,1-2H3. The summed E-state index contributed by atoms with van der Waals surface area (Å²) >= 11 is 1.39. The molecule has 0 saturated heterocycles. The molecule has 148 valence electrons. The van der Waals surface area contributed by atoms with Crippen LogP contribution in [0.5, 0.6) is 11.6 Å². The number of Topliss-reactive ketones (excluding diaryl/α,β-unsaturated/α-hetero) is 1. The van der Waals surface area contributed by atoms with Crippen LogP contribution in [0.1, 0.15) is 35.5 Å². The maximum Gasteiger partial charge on any atom is 0.269 e. The lowest BCUT2D eigenvalue weighted by molar-refractivity contribution is -0.384. The minimum Gasteiger partial charge on any atom is -0.439 e. The van der Waals surface area contributed by atoms with E-state index in [-0.39, 0.29) is 11.5 Å². The molecule has 0 N–H and O–H groups in total. The summed E-state index contributed by atoms with van der Waals surface area (Å²) in [7, 11) is 0. The number of benzene rings is 2. The molecule has 0 unspecified atom stereocenters. The third-order valence-electron chi connectivity index (χ3n) is 4.07. The number of carbonyl (C=O) groups is 1. The zero-order valence-corrected chi connectivity index (χ0v) is 16.8. The number of carbonyl (C=O) groups excluding carboxylic acids is 1. The Morgan fingerprint density at radius 2 is 1.90 bits per heavy atom. The summed E-state index contributed by atoms with van der Waals surface area (Å²) in [6.45, 7) is 3.50. The molecule has 0 spiro atoms. The van der Waals surface area contributed by atoms with Gasteiger partial charge in [0.25, 0.3) is 5.69 Å². The summed E-state index contributed by atoms with van der Waals surface area (Å²) in [5.41, 5.74) is 2.32. The second-order valence-corrected chi connectivity index (χ2v) is 7.17. The highest BCUT2D eigenvalue weighted by Crippen LogP contribution is 2.26. The maximum atomic E-state index is 11.4. The van der Waals surface area contributed by atoms with E-state index in [0.717, 1.165) is 11.3 Å². The van der Waals surface area contributed by atoms with Crippen LogP contribution in [0.2, 0.25) is 0 Å². The smallest absolute Gasteiger partial charge is 0.269 e. The summed E-state index contributed by atoms with van der Waals surface area (Å²) in [5, 5.41) is 11.5. The number of non-ortho nitro benzene ring substituents is 1. The van der Waals surface area contributed by atoms with Crippen molar-refractivity contribution in [2.45, 2.75) is 31.2 Å². The number of thioether (sulfide) groups is 1. The van der Waals surface area contributed by atoms with Crippen molar-refractivity contribution in [1.82, 2.24) is 9.97 Å². The molecule has 0 aliphatic rings. The fourth-order valence-electron chi connectivity index (χ4n) is 2.53. The van der Waals surface area contributed by atoms with E-state index in [4.69, 9.17) is 4.74 Å². The van der Waals surface area contributed by atoms with Crippen LogP contribution in [0.4, 0.5) is 5.69 Å². The van der Waals surface area contributed by atoms with E-state index >= 15 is 0 Å². The first kappa shape index (κ1) is 20.5. The molecule has 1 aromatic heterocycles.